The van der Waals surface area contributed by atoms with Gasteiger partial charge in [0.2, 0.25) is 5.89 Å². The standard InChI is InChI=1S/C15H16F3N3O2/c16-15(17,18)22-11-5-2-10(3-6-11)4-7-12-20-13(21-23-12)14(19)8-1-9-14/h2-3,5-6H,1,4,7-9,19H2. The van der Waals surface area contributed by atoms with Crippen molar-refractivity contribution in [2.45, 2.75) is 44.0 Å². The molecule has 1 aliphatic rings. The Bertz CT molecular complexity index is 663. The first-order valence-corrected chi connectivity index (χ1v) is 7.31. The van der Waals surface area contributed by atoms with Crippen molar-refractivity contribution in [3.63, 3.8) is 0 Å². The summed E-state index contributed by atoms with van der Waals surface area (Å²) in [6.07, 6.45) is -0.832. The van der Waals surface area contributed by atoms with E-state index in [9.17, 15) is 13.2 Å². The SMILES string of the molecule is NC1(c2noc(CCc3ccc(OC(F)(F)F)cc3)n2)CCC1. The first kappa shape index (κ1) is 15.8. The molecule has 1 saturated carbocycles. The number of alkyl halides is 3. The second kappa shape index (κ2) is 5.84. The van der Waals surface area contributed by atoms with Crippen LogP contribution in [0.5, 0.6) is 5.75 Å². The van der Waals surface area contributed by atoms with Crippen LogP contribution < -0.4 is 10.5 Å². The topological polar surface area (TPSA) is 74.2 Å². The second-order valence-corrected chi connectivity index (χ2v) is 5.71. The Hall–Kier alpha value is -2.09. The second-order valence-electron chi connectivity index (χ2n) is 5.71. The first-order valence-electron chi connectivity index (χ1n) is 7.31. The molecule has 23 heavy (non-hydrogen) atoms. The van der Waals surface area contributed by atoms with E-state index in [-0.39, 0.29) is 5.75 Å². The van der Waals surface area contributed by atoms with Gasteiger partial charge in [0.05, 0.1) is 5.54 Å². The van der Waals surface area contributed by atoms with E-state index >= 15 is 0 Å². The number of hydrogen-bond donors (Lipinski definition) is 1. The Kier molecular flexibility index (Phi) is 4.01. The molecule has 1 heterocycles. The molecule has 0 amide bonds. The first-order chi connectivity index (χ1) is 10.8. The smallest absolute Gasteiger partial charge is 0.406 e. The number of aryl methyl sites for hydroxylation is 2. The average Bonchev–Trinajstić information content (AvgIpc) is 2.91. The predicted molar refractivity (Wildman–Crippen MR) is 74.5 cm³/mol. The molecule has 1 aromatic heterocycles. The molecule has 1 aromatic carbocycles. The third-order valence-corrected chi connectivity index (χ3v) is 3.94. The van der Waals surface area contributed by atoms with Crippen molar-refractivity contribution in [3.8, 4) is 5.75 Å². The van der Waals surface area contributed by atoms with Gasteiger partial charge < -0.3 is 15.0 Å². The van der Waals surface area contributed by atoms with E-state index in [0.29, 0.717) is 24.6 Å². The summed E-state index contributed by atoms with van der Waals surface area (Å²) in [6, 6.07) is 5.72. The van der Waals surface area contributed by atoms with E-state index < -0.39 is 11.9 Å². The number of hydrogen-bond acceptors (Lipinski definition) is 5. The van der Waals surface area contributed by atoms with Crippen molar-refractivity contribution in [3.05, 3.63) is 41.5 Å². The molecule has 5 nitrogen and oxygen atoms in total. The fourth-order valence-corrected chi connectivity index (χ4v) is 2.45. The average molecular weight is 327 g/mol. The van der Waals surface area contributed by atoms with Crippen LogP contribution in [0.2, 0.25) is 0 Å². The van der Waals surface area contributed by atoms with Crippen molar-refractivity contribution in [2.24, 2.45) is 5.73 Å². The fourth-order valence-electron chi connectivity index (χ4n) is 2.45. The van der Waals surface area contributed by atoms with Gasteiger partial charge in [0.15, 0.2) is 5.82 Å². The zero-order valence-electron chi connectivity index (χ0n) is 12.3. The molecule has 0 atom stereocenters. The van der Waals surface area contributed by atoms with E-state index in [1.54, 1.807) is 12.1 Å². The normalized spacial score (nSPS) is 16.9. The minimum Gasteiger partial charge on any atom is -0.406 e. The Labute approximate surface area is 130 Å². The highest BCUT2D eigenvalue weighted by molar-refractivity contribution is 5.27. The molecule has 124 valence electrons. The molecule has 3 rings (SSSR count). The van der Waals surface area contributed by atoms with Gasteiger partial charge in [0, 0.05) is 6.42 Å². The van der Waals surface area contributed by atoms with Crippen molar-refractivity contribution >= 4 is 0 Å². The largest absolute Gasteiger partial charge is 0.573 e. The van der Waals surface area contributed by atoms with Gasteiger partial charge in [0.25, 0.3) is 0 Å². The van der Waals surface area contributed by atoms with Gasteiger partial charge in [-0.15, -0.1) is 13.2 Å². The number of nitrogens with two attached hydrogens (primary N) is 1. The number of benzene rings is 1. The van der Waals surface area contributed by atoms with Crippen molar-refractivity contribution in [2.75, 3.05) is 0 Å². The molecule has 0 spiro atoms. The highest BCUT2D eigenvalue weighted by Gasteiger charge is 2.38. The van der Waals surface area contributed by atoms with Gasteiger partial charge in [-0.3, -0.25) is 0 Å². The Balaban J connectivity index is 1.56. The maximum absolute atomic E-state index is 12.1. The molecule has 0 unspecified atom stereocenters. The van der Waals surface area contributed by atoms with E-state index in [1.807, 2.05) is 0 Å². The number of nitrogens with zero attached hydrogens (tertiary/aromatic N) is 2. The Morgan fingerprint density at radius 1 is 1.17 bits per heavy atom. The van der Waals surface area contributed by atoms with Crippen molar-refractivity contribution < 1.29 is 22.4 Å². The molecule has 2 aromatic rings. The van der Waals surface area contributed by atoms with Crippen LogP contribution in [0.1, 0.15) is 36.5 Å². The molecule has 0 aliphatic heterocycles. The fraction of sp³-hybridized carbons (Fsp3) is 0.467. The van der Waals surface area contributed by atoms with E-state index in [2.05, 4.69) is 14.9 Å². The summed E-state index contributed by atoms with van der Waals surface area (Å²) in [4.78, 5) is 4.31. The summed E-state index contributed by atoms with van der Waals surface area (Å²) in [5.41, 5.74) is 6.51. The zero-order chi connectivity index (χ0) is 16.5. The lowest BCUT2D eigenvalue weighted by atomic mass is 9.77. The van der Waals surface area contributed by atoms with Gasteiger partial charge in [-0.2, -0.15) is 4.98 Å². The summed E-state index contributed by atoms with van der Waals surface area (Å²) in [5, 5.41) is 3.92. The molecular weight excluding hydrogens is 311 g/mol. The van der Waals surface area contributed by atoms with Gasteiger partial charge in [-0.05, 0) is 43.4 Å². The van der Waals surface area contributed by atoms with Crippen LogP contribution in [0.15, 0.2) is 28.8 Å². The lowest BCUT2D eigenvalue weighted by Crippen LogP contribution is -2.44. The van der Waals surface area contributed by atoms with Crippen LogP contribution in [0.4, 0.5) is 13.2 Å². The highest BCUT2D eigenvalue weighted by atomic mass is 19.4. The minimum atomic E-state index is -4.68. The lowest BCUT2D eigenvalue weighted by Gasteiger charge is -2.34. The third kappa shape index (κ3) is 3.82. The number of aromatic nitrogens is 2. The zero-order valence-corrected chi connectivity index (χ0v) is 12.3. The monoisotopic (exact) mass is 327 g/mol. The van der Waals surface area contributed by atoms with Gasteiger partial charge in [0.1, 0.15) is 5.75 Å². The molecule has 0 saturated heterocycles. The van der Waals surface area contributed by atoms with Crippen molar-refractivity contribution in [1.82, 2.24) is 10.1 Å². The molecule has 2 N–H and O–H groups in total. The Morgan fingerprint density at radius 2 is 1.87 bits per heavy atom. The molecule has 0 radical (unpaired) electrons. The summed E-state index contributed by atoms with van der Waals surface area (Å²) in [5.74, 6) is 0.774. The summed E-state index contributed by atoms with van der Waals surface area (Å²) in [6.45, 7) is 0. The van der Waals surface area contributed by atoms with E-state index in [0.717, 1.165) is 24.8 Å². The number of ether oxygens (including phenoxy) is 1. The van der Waals surface area contributed by atoms with E-state index in [4.69, 9.17) is 10.3 Å². The predicted octanol–water partition coefficient (Wildman–Crippen LogP) is 3.09. The lowest BCUT2D eigenvalue weighted by molar-refractivity contribution is -0.274. The Morgan fingerprint density at radius 3 is 2.43 bits per heavy atom. The van der Waals surface area contributed by atoms with Crippen LogP contribution in [0.25, 0.3) is 0 Å². The maximum atomic E-state index is 12.1. The number of rotatable bonds is 5. The van der Waals surface area contributed by atoms with Gasteiger partial charge in [-0.25, -0.2) is 0 Å². The van der Waals surface area contributed by atoms with Crippen LogP contribution in [-0.2, 0) is 18.4 Å². The molecule has 1 aliphatic carbocycles. The van der Waals surface area contributed by atoms with E-state index in [1.165, 1.54) is 12.1 Å². The molecule has 8 heteroatoms. The molecule has 0 bridgehead atoms. The van der Waals surface area contributed by atoms with Crippen LogP contribution in [-0.4, -0.2) is 16.5 Å². The maximum Gasteiger partial charge on any atom is 0.573 e. The highest BCUT2D eigenvalue weighted by Crippen LogP contribution is 2.36. The van der Waals surface area contributed by atoms with Crippen LogP contribution >= 0.6 is 0 Å². The van der Waals surface area contributed by atoms with Crippen LogP contribution in [0, 0.1) is 0 Å². The van der Waals surface area contributed by atoms with Gasteiger partial charge >= 0.3 is 6.36 Å². The minimum absolute atomic E-state index is 0.239. The summed E-state index contributed by atoms with van der Waals surface area (Å²) < 4.78 is 45.3. The summed E-state index contributed by atoms with van der Waals surface area (Å²) >= 11 is 0. The van der Waals surface area contributed by atoms with Crippen molar-refractivity contribution in [1.29, 1.82) is 0 Å². The van der Waals surface area contributed by atoms with Crippen LogP contribution in [0.3, 0.4) is 0 Å². The third-order valence-electron chi connectivity index (χ3n) is 3.94. The van der Waals surface area contributed by atoms with Gasteiger partial charge in [-0.1, -0.05) is 17.3 Å². The number of halogens is 3. The quantitative estimate of drug-likeness (QED) is 0.913. The molecular formula is C15H16F3N3O2. The summed E-state index contributed by atoms with van der Waals surface area (Å²) in [7, 11) is 0. The molecule has 1 fully saturated rings.